The van der Waals surface area contributed by atoms with Crippen molar-refractivity contribution < 1.29 is 17.6 Å². The number of amides is 1. The predicted octanol–water partition coefficient (Wildman–Crippen LogP) is 3.32. The molecule has 27 heavy (non-hydrogen) atoms. The molecule has 1 aliphatic rings. The van der Waals surface area contributed by atoms with Crippen LogP contribution >= 0.6 is 11.6 Å². The van der Waals surface area contributed by atoms with Gasteiger partial charge in [-0.05, 0) is 49.2 Å². The van der Waals surface area contributed by atoms with Gasteiger partial charge in [0.05, 0.1) is 15.5 Å². The van der Waals surface area contributed by atoms with Crippen LogP contribution in [-0.4, -0.2) is 49.7 Å². The predicted molar refractivity (Wildman–Crippen MR) is 102 cm³/mol. The van der Waals surface area contributed by atoms with Crippen LogP contribution in [-0.2, 0) is 10.0 Å². The molecule has 144 valence electrons. The number of benzene rings is 2. The van der Waals surface area contributed by atoms with Gasteiger partial charge in [-0.3, -0.25) is 4.79 Å². The first-order valence-electron chi connectivity index (χ1n) is 8.61. The van der Waals surface area contributed by atoms with Crippen LogP contribution in [0.15, 0.2) is 47.4 Å². The highest BCUT2D eigenvalue weighted by Gasteiger charge is 2.29. The van der Waals surface area contributed by atoms with Crippen molar-refractivity contribution in [3.05, 3.63) is 64.4 Å². The molecule has 1 saturated heterocycles. The Hall–Kier alpha value is -1.96. The Bertz CT molecular complexity index is 965. The summed E-state index contributed by atoms with van der Waals surface area (Å²) in [6.07, 6.45) is 0.510. The zero-order valence-electron chi connectivity index (χ0n) is 14.9. The molecule has 2 aromatic rings. The van der Waals surface area contributed by atoms with Crippen LogP contribution in [0.1, 0.15) is 22.3 Å². The third-order valence-corrected chi connectivity index (χ3v) is 6.84. The van der Waals surface area contributed by atoms with Crippen LogP contribution in [0.5, 0.6) is 0 Å². The SMILES string of the molecule is Cc1cc(S(=O)(=O)N2CCCN(C(=O)c3ccccc3Cl)CC2)ccc1F. The van der Waals surface area contributed by atoms with Crippen molar-refractivity contribution in [2.24, 2.45) is 0 Å². The molecule has 0 aliphatic carbocycles. The second-order valence-electron chi connectivity index (χ2n) is 6.44. The van der Waals surface area contributed by atoms with Gasteiger partial charge < -0.3 is 4.90 Å². The highest BCUT2D eigenvalue weighted by atomic mass is 35.5. The molecule has 0 radical (unpaired) electrons. The van der Waals surface area contributed by atoms with Crippen molar-refractivity contribution in [1.82, 2.24) is 9.21 Å². The standard InChI is InChI=1S/C19H20ClFN2O3S/c1-14-13-15(7-8-18(14)21)27(25,26)23-10-4-9-22(11-12-23)19(24)16-5-2-3-6-17(16)20/h2-3,5-8,13H,4,9-12H2,1H3. The number of hydrogen-bond donors (Lipinski definition) is 0. The summed E-state index contributed by atoms with van der Waals surface area (Å²) < 4.78 is 40.6. The zero-order valence-corrected chi connectivity index (χ0v) is 16.4. The van der Waals surface area contributed by atoms with E-state index in [1.807, 2.05) is 0 Å². The largest absolute Gasteiger partial charge is 0.337 e. The lowest BCUT2D eigenvalue weighted by atomic mass is 10.2. The number of carbonyl (C=O) groups excluding carboxylic acids is 1. The minimum atomic E-state index is -3.74. The molecule has 0 spiro atoms. The molecule has 0 bridgehead atoms. The normalized spacial score (nSPS) is 16.2. The van der Waals surface area contributed by atoms with E-state index in [2.05, 4.69) is 0 Å². The van der Waals surface area contributed by atoms with E-state index in [0.29, 0.717) is 30.1 Å². The van der Waals surface area contributed by atoms with Crippen molar-refractivity contribution in [3.63, 3.8) is 0 Å². The summed E-state index contributed by atoms with van der Waals surface area (Å²) in [4.78, 5) is 14.4. The minimum absolute atomic E-state index is 0.0623. The Morgan fingerprint density at radius 1 is 1.07 bits per heavy atom. The van der Waals surface area contributed by atoms with Gasteiger partial charge in [0, 0.05) is 26.2 Å². The molecule has 2 aromatic carbocycles. The molecule has 0 N–H and O–H groups in total. The number of sulfonamides is 1. The van der Waals surface area contributed by atoms with Gasteiger partial charge in [-0.25, -0.2) is 12.8 Å². The maximum Gasteiger partial charge on any atom is 0.255 e. The lowest BCUT2D eigenvalue weighted by molar-refractivity contribution is 0.0764. The van der Waals surface area contributed by atoms with Crippen LogP contribution in [0, 0.1) is 12.7 Å². The van der Waals surface area contributed by atoms with Crippen molar-refractivity contribution in [2.45, 2.75) is 18.2 Å². The van der Waals surface area contributed by atoms with E-state index in [1.54, 1.807) is 29.2 Å². The lowest BCUT2D eigenvalue weighted by Crippen LogP contribution is -2.37. The maximum atomic E-state index is 13.5. The average Bonchev–Trinajstić information content (AvgIpc) is 2.90. The Balaban J connectivity index is 1.77. The number of carbonyl (C=O) groups is 1. The summed E-state index contributed by atoms with van der Waals surface area (Å²) in [7, 11) is -3.74. The van der Waals surface area contributed by atoms with Crippen LogP contribution < -0.4 is 0 Å². The molecule has 0 saturated carbocycles. The fourth-order valence-corrected chi connectivity index (χ4v) is 4.84. The molecule has 3 rings (SSSR count). The number of halogens is 2. The van der Waals surface area contributed by atoms with Crippen molar-refractivity contribution in [2.75, 3.05) is 26.2 Å². The monoisotopic (exact) mass is 410 g/mol. The van der Waals surface area contributed by atoms with Crippen LogP contribution in [0.25, 0.3) is 0 Å². The summed E-state index contributed by atoms with van der Waals surface area (Å²) >= 11 is 6.10. The van der Waals surface area contributed by atoms with Gasteiger partial charge in [-0.15, -0.1) is 0 Å². The molecule has 1 amide bonds. The van der Waals surface area contributed by atoms with Crippen molar-refractivity contribution in [3.8, 4) is 0 Å². The molecule has 8 heteroatoms. The molecular formula is C19H20ClFN2O3S. The van der Waals surface area contributed by atoms with Gasteiger partial charge in [0.15, 0.2) is 0 Å². The zero-order chi connectivity index (χ0) is 19.6. The molecule has 0 atom stereocenters. The summed E-state index contributed by atoms with van der Waals surface area (Å²) in [6, 6.07) is 10.6. The molecule has 1 heterocycles. The lowest BCUT2D eigenvalue weighted by Gasteiger charge is -2.22. The van der Waals surface area contributed by atoms with Gasteiger partial charge in [0.2, 0.25) is 10.0 Å². The van der Waals surface area contributed by atoms with E-state index in [4.69, 9.17) is 11.6 Å². The third kappa shape index (κ3) is 4.15. The van der Waals surface area contributed by atoms with Gasteiger partial charge in [-0.2, -0.15) is 4.31 Å². The first-order valence-corrected chi connectivity index (χ1v) is 10.4. The number of rotatable bonds is 3. The molecule has 1 aliphatic heterocycles. The third-order valence-electron chi connectivity index (χ3n) is 4.61. The molecule has 5 nitrogen and oxygen atoms in total. The summed E-state index contributed by atoms with van der Waals surface area (Å²) in [6.45, 7) is 2.71. The number of nitrogens with zero attached hydrogens (tertiary/aromatic N) is 2. The van der Waals surface area contributed by atoms with E-state index in [0.717, 1.165) is 6.07 Å². The van der Waals surface area contributed by atoms with E-state index in [1.165, 1.54) is 23.4 Å². The van der Waals surface area contributed by atoms with Gasteiger partial charge >= 0.3 is 0 Å². The van der Waals surface area contributed by atoms with E-state index >= 15 is 0 Å². The molecule has 0 aromatic heterocycles. The van der Waals surface area contributed by atoms with Gasteiger partial charge in [-0.1, -0.05) is 23.7 Å². The number of aryl methyl sites for hydroxylation is 1. The minimum Gasteiger partial charge on any atom is -0.337 e. The van der Waals surface area contributed by atoms with Crippen molar-refractivity contribution >= 4 is 27.5 Å². The van der Waals surface area contributed by atoms with Crippen LogP contribution in [0.3, 0.4) is 0 Å². The second-order valence-corrected chi connectivity index (χ2v) is 8.79. The highest BCUT2D eigenvalue weighted by molar-refractivity contribution is 7.89. The quantitative estimate of drug-likeness (QED) is 0.779. The van der Waals surface area contributed by atoms with Crippen LogP contribution in [0.4, 0.5) is 4.39 Å². The first kappa shape index (κ1) is 19.8. The van der Waals surface area contributed by atoms with E-state index in [-0.39, 0.29) is 29.5 Å². The Morgan fingerprint density at radius 2 is 1.81 bits per heavy atom. The molecule has 1 fully saturated rings. The Labute approximate surface area is 163 Å². The highest BCUT2D eigenvalue weighted by Crippen LogP contribution is 2.22. The fourth-order valence-electron chi connectivity index (χ4n) is 3.07. The van der Waals surface area contributed by atoms with Crippen molar-refractivity contribution in [1.29, 1.82) is 0 Å². The summed E-state index contributed by atoms with van der Waals surface area (Å²) in [5.41, 5.74) is 0.686. The first-order chi connectivity index (χ1) is 12.8. The molecular weight excluding hydrogens is 391 g/mol. The Kier molecular flexibility index (Phi) is 5.83. The van der Waals surface area contributed by atoms with Crippen LogP contribution in [0.2, 0.25) is 5.02 Å². The van der Waals surface area contributed by atoms with Gasteiger partial charge in [0.1, 0.15) is 5.82 Å². The van der Waals surface area contributed by atoms with E-state index in [9.17, 15) is 17.6 Å². The average molecular weight is 411 g/mol. The number of hydrogen-bond acceptors (Lipinski definition) is 3. The summed E-state index contributed by atoms with van der Waals surface area (Å²) in [5, 5.41) is 0.373. The summed E-state index contributed by atoms with van der Waals surface area (Å²) in [5.74, 6) is -0.654. The maximum absolute atomic E-state index is 13.5. The molecule has 0 unspecified atom stereocenters. The second kappa shape index (κ2) is 7.96. The topological polar surface area (TPSA) is 57.7 Å². The van der Waals surface area contributed by atoms with Gasteiger partial charge in [0.25, 0.3) is 5.91 Å². The smallest absolute Gasteiger partial charge is 0.255 e. The fraction of sp³-hybridized carbons (Fsp3) is 0.316. The Morgan fingerprint density at radius 3 is 2.52 bits per heavy atom. The van der Waals surface area contributed by atoms with E-state index < -0.39 is 15.8 Å².